The van der Waals surface area contributed by atoms with Crippen molar-refractivity contribution in [1.82, 2.24) is 0 Å². The van der Waals surface area contributed by atoms with E-state index < -0.39 is 0 Å². The minimum atomic E-state index is 0.171. The van der Waals surface area contributed by atoms with Crippen molar-refractivity contribution in [3.05, 3.63) is 69.8 Å². The third-order valence-corrected chi connectivity index (χ3v) is 4.41. The molecule has 3 heteroatoms. The third-order valence-electron chi connectivity index (χ3n) is 4.41. The Labute approximate surface area is 135 Å². The quantitative estimate of drug-likeness (QED) is 0.750. The summed E-state index contributed by atoms with van der Waals surface area (Å²) in [4.78, 5) is 12.3. The highest BCUT2D eigenvalue weighted by molar-refractivity contribution is 5.82. The molecule has 0 spiro atoms. The minimum absolute atomic E-state index is 0.171. The maximum Gasteiger partial charge on any atom is 0.137 e. The summed E-state index contributed by atoms with van der Waals surface area (Å²) in [6.45, 7) is 0. The monoisotopic (exact) mass is 300 g/mol. The second kappa shape index (κ2) is 6.46. The van der Waals surface area contributed by atoms with Gasteiger partial charge in [0.15, 0.2) is 0 Å². The zero-order chi connectivity index (χ0) is 16.2. The minimum Gasteiger partial charge on any atom is -0.299 e. The Morgan fingerprint density at radius 3 is 2.04 bits per heavy atom. The molecule has 0 saturated heterocycles. The lowest BCUT2D eigenvalue weighted by molar-refractivity contribution is -0.118. The Morgan fingerprint density at radius 1 is 0.783 bits per heavy atom. The van der Waals surface area contributed by atoms with E-state index >= 15 is 0 Å². The molecule has 2 bridgehead atoms. The highest BCUT2D eigenvalue weighted by Crippen LogP contribution is 2.23. The van der Waals surface area contributed by atoms with Crippen molar-refractivity contribution in [1.29, 1.82) is 10.5 Å². The van der Waals surface area contributed by atoms with E-state index in [1.165, 1.54) is 11.1 Å². The molecule has 3 nitrogen and oxygen atoms in total. The molecule has 2 aromatic rings. The van der Waals surface area contributed by atoms with E-state index in [9.17, 15) is 15.3 Å². The van der Waals surface area contributed by atoms with Gasteiger partial charge in [0.2, 0.25) is 0 Å². The molecule has 2 aromatic carbocycles. The number of Topliss-reactive ketones (excluding diaryl/α,β-unsaturated/α-hetero) is 1. The van der Waals surface area contributed by atoms with Crippen LogP contribution in [-0.4, -0.2) is 5.78 Å². The summed E-state index contributed by atoms with van der Waals surface area (Å²) in [5, 5.41) is 18.7. The fourth-order valence-electron chi connectivity index (χ4n) is 3.09. The Morgan fingerprint density at radius 2 is 1.43 bits per heavy atom. The highest BCUT2D eigenvalue weighted by Gasteiger charge is 2.16. The van der Waals surface area contributed by atoms with Crippen LogP contribution in [-0.2, 0) is 30.5 Å². The summed E-state index contributed by atoms with van der Waals surface area (Å²) in [7, 11) is 0. The van der Waals surface area contributed by atoms with E-state index in [-0.39, 0.29) is 5.78 Å². The number of rotatable bonds is 0. The Bertz CT molecular complexity index is 836. The van der Waals surface area contributed by atoms with Crippen molar-refractivity contribution in [2.24, 2.45) is 0 Å². The molecule has 0 atom stereocenters. The van der Waals surface area contributed by atoms with Gasteiger partial charge in [-0.2, -0.15) is 10.5 Å². The SMILES string of the molecule is N#Cc1ccc2c(c1C#N)CCc1ccc(cc1)CCC(=O)C2. The number of nitriles is 2. The molecule has 0 fully saturated rings. The summed E-state index contributed by atoms with van der Waals surface area (Å²) in [5.74, 6) is 0.171. The van der Waals surface area contributed by atoms with Crippen molar-refractivity contribution < 1.29 is 4.79 Å². The van der Waals surface area contributed by atoms with Gasteiger partial charge in [0.05, 0.1) is 11.1 Å². The summed E-state index contributed by atoms with van der Waals surface area (Å²) in [6.07, 6.45) is 3.05. The number of benzene rings is 2. The summed E-state index contributed by atoms with van der Waals surface area (Å²) in [5.41, 5.74) is 4.94. The van der Waals surface area contributed by atoms with E-state index in [1.807, 2.05) is 6.07 Å². The van der Waals surface area contributed by atoms with E-state index in [4.69, 9.17) is 0 Å². The number of carbonyl (C=O) groups excluding carboxylic acids is 1. The van der Waals surface area contributed by atoms with Crippen LogP contribution in [0.1, 0.15) is 39.8 Å². The number of aryl methyl sites for hydroxylation is 2. The van der Waals surface area contributed by atoms with Crippen molar-refractivity contribution >= 4 is 5.78 Å². The molecular formula is C20H16N2O. The van der Waals surface area contributed by atoms with Gasteiger partial charge in [0, 0.05) is 12.8 Å². The van der Waals surface area contributed by atoms with Crippen LogP contribution in [0, 0.1) is 22.7 Å². The van der Waals surface area contributed by atoms with E-state index in [0.29, 0.717) is 30.4 Å². The van der Waals surface area contributed by atoms with Gasteiger partial charge in [-0.25, -0.2) is 0 Å². The maximum atomic E-state index is 12.3. The van der Waals surface area contributed by atoms with Crippen molar-refractivity contribution in [2.75, 3.05) is 0 Å². The van der Waals surface area contributed by atoms with Crippen molar-refractivity contribution in [2.45, 2.75) is 32.1 Å². The first-order valence-electron chi connectivity index (χ1n) is 7.75. The lowest BCUT2D eigenvalue weighted by Crippen LogP contribution is -2.10. The topological polar surface area (TPSA) is 64.7 Å². The van der Waals surface area contributed by atoms with E-state index in [2.05, 4.69) is 36.4 Å². The van der Waals surface area contributed by atoms with Gasteiger partial charge in [-0.3, -0.25) is 4.79 Å². The van der Waals surface area contributed by atoms with Crippen LogP contribution in [0.15, 0.2) is 36.4 Å². The average Bonchev–Trinajstić information content (AvgIpc) is 2.58. The van der Waals surface area contributed by atoms with Crippen LogP contribution in [0.4, 0.5) is 0 Å². The smallest absolute Gasteiger partial charge is 0.137 e. The predicted octanol–water partition coefficient (Wildman–Crippen LogP) is 3.27. The number of carbonyl (C=O) groups is 1. The fraction of sp³-hybridized carbons (Fsp3) is 0.250. The second-order valence-corrected chi connectivity index (χ2v) is 5.88. The largest absolute Gasteiger partial charge is 0.299 e. The number of nitrogens with zero attached hydrogens (tertiary/aromatic N) is 2. The number of ketones is 1. The van der Waals surface area contributed by atoms with Gasteiger partial charge in [-0.15, -0.1) is 0 Å². The third kappa shape index (κ3) is 3.15. The van der Waals surface area contributed by atoms with Gasteiger partial charge in [-0.05, 0) is 47.6 Å². The van der Waals surface area contributed by atoms with Gasteiger partial charge in [0.25, 0.3) is 0 Å². The zero-order valence-electron chi connectivity index (χ0n) is 12.8. The number of fused-ring (bicyclic) bond motifs is 6. The molecule has 0 unspecified atom stereocenters. The molecule has 0 heterocycles. The van der Waals surface area contributed by atoms with Crippen LogP contribution in [0.2, 0.25) is 0 Å². The summed E-state index contributed by atoms with van der Waals surface area (Å²) in [6, 6.07) is 16.0. The molecule has 0 aromatic heterocycles. The molecule has 0 radical (unpaired) electrons. The molecule has 23 heavy (non-hydrogen) atoms. The lowest BCUT2D eigenvalue weighted by atomic mass is 9.88. The van der Waals surface area contributed by atoms with E-state index in [1.54, 1.807) is 6.07 Å². The fourth-order valence-corrected chi connectivity index (χ4v) is 3.09. The molecule has 0 aliphatic heterocycles. The average molecular weight is 300 g/mol. The molecule has 2 aliphatic carbocycles. The van der Waals surface area contributed by atoms with Gasteiger partial charge in [-0.1, -0.05) is 30.3 Å². The number of hydrogen-bond donors (Lipinski definition) is 0. The Balaban J connectivity index is 2.09. The van der Waals surface area contributed by atoms with Crippen LogP contribution in [0.5, 0.6) is 0 Å². The van der Waals surface area contributed by atoms with E-state index in [0.717, 1.165) is 24.0 Å². The first kappa shape index (κ1) is 15.0. The van der Waals surface area contributed by atoms with Crippen LogP contribution >= 0.6 is 0 Å². The number of hydrogen-bond acceptors (Lipinski definition) is 3. The lowest BCUT2D eigenvalue weighted by Gasteiger charge is -2.14. The van der Waals surface area contributed by atoms with Crippen LogP contribution in [0.25, 0.3) is 0 Å². The Hall–Kier alpha value is -2.91. The molecule has 0 saturated carbocycles. The van der Waals surface area contributed by atoms with Gasteiger partial charge in [0.1, 0.15) is 17.9 Å². The first-order chi connectivity index (χ1) is 11.2. The zero-order valence-corrected chi connectivity index (χ0v) is 12.8. The predicted molar refractivity (Wildman–Crippen MR) is 86.8 cm³/mol. The molecule has 112 valence electrons. The standard InChI is InChI=1S/C20H16N2O/c21-12-17-8-7-16-11-18(23)9-5-14-1-3-15(4-2-14)6-10-19(16)20(17)13-22/h1-4,7-8H,5-6,9-11H2. The first-order valence-corrected chi connectivity index (χ1v) is 7.75. The van der Waals surface area contributed by atoms with Crippen LogP contribution in [0.3, 0.4) is 0 Å². The molecule has 2 aliphatic rings. The van der Waals surface area contributed by atoms with Gasteiger partial charge >= 0.3 is 0 Å². The molecule has 0 N–H and O–H groups in total. The van der Waals surface area contributed by atoms with Crippen LogP contribution < -0.4 is 0 Å². The maximum absolute atomic E-state index is 12.3. The normalized spacial score (nSPS) is 14.1. The molecule has 0 amide bonds. The summed E-state index contributed by atoms with van der Waals surface area (Å²) < 4.78 is 0. The second-order valence-electron chi connectivity index (χ2n) is 5.88. The molecule has 4 rings (SSSR count). The summed E-state index contributed by atoms with van der Waals surface area (Å²) >= 11 is 0. The van der Waals surface area contributed by atoms with Crippen molar-refractivity contribution in [3.63, 3.8) is 0 Å². The highest BCUT2D eigenvalue weighted by atomic mass is 16.1. The Kier molecular flexibility index (Phi) is 4.22. The molecular weight excluding hydrogens is 284 g/mol. The van der Waals surface area contributed by atoms with Crippen molar-refractivity contribution in [3.8, 4) is 12.1 Å². The van der Waals surface area contributed by atoms with Gasteiger partial charge < -0.3 is 0 Å².